The van der Waals surface area contributed by atoms with Gasteiger partial charge in [-0.1, -0.05) is 48.5 Å². The molecule has 7 rings (SSSR count). The maximum atomic E-state index is 12.7. The molecule has 0 amide bonds. The molecule has 0 aliphatic heterocycles. The number of halogens is 6. The second kappa shape index (κ2) is 12.2. The van der Waals surface area contributed by atoms with Gasteiger partial charge < -0.3 is 9.47 Å². The van der Waals surface area contributed by atoms with Gasteiger partial charge in [-0.15, -0.1) is 26.3 Å². The van der Waals surface area contributed by atoms with Gasteiger partial charge in [0.1, 0.15) is 11.5 Å². The minimum atomic E-state index is -4.85. The summed E-state index contributed by atoms with van der Waals surface area (Å²) in [4.78, 5) is 6.99. The molecule has 0 saturated carbocycles. The second-order valence-electron chi connectivity index (χ2n) is 11.5. The Labute approximate surface area is 291 Å². The van der Waals surface area contributed by atoms with E-state index in [2.05, 4.69) is 19.2 Å². The van der Waals surface area contributed by atoms with Crippen molar-refractivity contribution in [3.05, 3.63) is 154 Å². The zero-order valence-corrected chi connectivity index (χ0v) is 26.1. The van der Waals surface area contributed by atoms with E-state index in [4.69, 9.17) is 13.1 Å². The fourth-order valence-corrected chi connectivity index (χ4v) is 6.56. The van der Waals surface area contributed by atoms with Crippen LogP contribution in [0.15, 0.2) is 108 Å². The number of nitriles is 2. The lowest BCUT2D eigenvalue weighted by molar-refractivity contribution is -0.275. The molecule has 0 radical (unpaired) electrons. The third-order valence-corrected chi connectivity index (χ3v) is 8.61. The van der Waals surface area contributed by atoms with Gasteiger partial charge in [0.2, 0.25) is 0 Å². The van der Waals surface area contributed by atoms with Crippen LogP contribution in [0.1, 0.15) is 22.3 Å². The van der Waals surface area contributed by atoms with E-state index in [0.29, 0.717) is 77.9 Å². The van der Waals surface area contributed by atoms with Crippen molar-refractivity contribution < 1.29 is 35.8 Å². The van der Waals surface area contributed by atoms with Crippen molar-refractivity contribution >= 4 is 11.1 Å². The zero-order valence-electron chi connectivity index (χ0n) is 26.1. The van der Waals surface area contributed by atoms with Gasteiger partial charge in [0, 0.05) is 11.1 Å². The molecule has 0 spiro atoms. The van der Waals surface area contributed by atoms with Crippen LogP contribution in [0.4, 0.5) is 26.3 Å². The lowest BCUT2D eigenvalue weighted by Gasteiger charge is -2.11. The average molecular weight is 699 g/mol. The summed E-state index contributed by atoms with van der Waals surface area (Å²) >= 11 is 0. The number of alkyl halides is 6. The van der Waals surface area contributed by atoms with Crippen LogP contribution in [-0.2, 0) is 0 Å². The lowest BCUT2D eigenvalue weighted by Crippen LogP contribution is -2.16. The highest BCUT2D eigenvalue weighted by Crippen LogP contribution is 2.54. The van der Waals surface area contributed by atoms with Crippen molar-refractivity contribution in [1.82, 2.24) is 0 Å². The van der Waals surface area contributed by atoms with E-state index in [9.17, 15) is 36.9 Å². The van der Waals surface area contributed by atoms with E-state index in [-0.39, 0.29) is 22.9 Å². The first-order valence-corrected chi connectivity index (χ1v) is 15.1. The molecule has 5 aromatic carbocycles. The number of nitrogens with zero attached hydrogens (tertiary/aromatic N) is 4. The zero-order chi connectivity index (χ0) is 36.9. The summed E-state index contributed by atoms with van der Waals surface area (Å²) in [6.07, 6.45) is -9.70. The fourth-order valence-electron chi connectivity index (χ4n) is 6.56. The van der Waals surface area contributed by atoms with Gasteiger partial charge in [0.05, 0.1) is 25.3 Å². The Hall–Kier alpha value is -7.28. The monoisotopic (exact) mass is 698 g/mol. The van der Waals surface area contributed by atoms with Gasteiger partial charge in [-0.2, -0.15) is 0 Å². The summed E-state index contributed by atoms with van der Waals surface area (Å²) in [6.45, 7) is 15.6. The van der Waals surface area contributed by atoms with E-state index in [1.54, 1.807) is 48.5 Å². The maximum absolute atomic E-state index is 12.7. The lowest BCUT2D eigenvalue weighted by atomic mass is 9.95. The van der Waals surface area contributed by atoms with Gasteiger partial charge in [-0.3, -0.25) is 0 Å². The maximum Gasteiger partial charge on any atom is 0.573 e. The van der Waals surface area contributed by atoms with Crippen LogP contribution in [0.5, 0.6) is 11.5 Å². The third-order valence-electron chi connectivity index (χ3n) is 8.61. The molecule has 0 atom stereocenters. The Morgan fingerprint density at radius 3 is 1.10 bits per heavy atom. The normalized spacial score (nSPS) is 14.3. The number of fused-ring (bicyclic) bond motifs is 6. The van der Waals surface area contributed by atoms with Crippen molar-refractivity contribution in [2.45, 2.75) is 12.7 Å². The molecule has 0 unspecified atom stereocenters. The summed E-state index contributed by atoms with van der Waals surface area (Å²) in [6, 6.07) is 28.7. The number of rotatable bonds is 4. The largest absolute Gasteiger partial charge is 0.573 e. The van der Waals surface area contributed by atoms with Gasteiger partial charge in [0.15, 0.2) is 0 Å². The highest BCUT2D eigenvalue weighted by molar-refractivity contribution is 6.11. The highest BCUT2D eigenvalue weighted by Gasteiger charge is 2.35. The summed E-state index contributed by atoms with van der Waals surface area (Å²) in [5, 5.41) is 20.0. The SMILES string of the molecule is [C-]#[N+]C(C#N)=C1c2cc(-c3ccc(OC(F)(F)F)cc3)ccc2-c2cc3c(cc21)-c1ccc(-c2ccc(OC(F)(F)F)cc2)cc1C3=C(C#N)[N+]#[C-]. The molecule has 0 saturated heterocycles. The van der Waals surface area contributed by atoms with Gasteiger partial charge in [-0.05, 0) is 115 Å². The molecule has 12 heteroatoms. The van der Waals surface area contributed by atoms with Crippen LogP contribution in [-0.4, -0.2) is 12.7 Å². The molecule has 250 valence electrons. The third kappa shape index (κ3) is 5.85. The molecule has 2 aliphatic carbocycles. The van der Waals surface area contributed by atoms with E-state index < -0.39 is 12.7 Å². The molecule has 0 aromatic heterocycles. The van der Waals surface area contributed by atoms with Crippen LogP contribution >= 0.6 is 0 Å². The van der Waals surface area contributed by atoms with Gasteiger partial charge >= 0.3 is 12.7 Å². The predicted molar refractivity (Wildman–Crippen MR) is 178 cm³/mol. The molecule has 0 N–H and O–H groups in total. The first kappa shape index (κ1) is 33.2. The number of benzene rings is 5. The summed E-state index contributed by atoms with van der Waals surface area (Å²) in [7, 11) is 0. The standard InChI is InChI=1S/C40H16F6N4O2/c1-49-35(19-47)37-31-15-23(21-3-9-25(10-4-21)51-39(41,42)43)7-13-27(31)29-18-34-30(17-33(29)37)28-14-8-24(16-32(28)38(34)36(20-48)50-2)22-5-11-26(12-6-22)52-40(44,45)46/h3-18H. The topological polar surface area (TPSA) is 74.8 Å². The van der Waals surface area contributed by atoms with Crippen LogP contribution < -0.4 is 9.47 Å². The molecule has 2 aliphatic rings. The summed E-state index contributed by atoms with van der Waals surface area (Å²) in [5.74, 6) is -0.777. The number of hydrogen-bond donors (Lipinski definition) is 0. The second-order valence-corrected chi connectivity index (χ2v) is 11.5. The van der Waals surface area contributed by atoms with E-state index in [1.807, 2.05) is 12.1 Å². The van der Waals surface area contributed by atoms with Crippen molar-refractivity contribution in [2.24, 2.45) is 0 Å². The minimum Gasteiger partial charge on any atom is -0.406 e. The van der Waals surface area contributed by atoms with Crippen molar-refractivity contribution in [3.63, 3.8) is 0 Å². The van der Waals surface area contributed by atoms with E-state index >= 15 is 0 Å². The van der Waals surface area contributed by atoms with Gasteiger partial charge in [-0.25, -0.2) is 20.2 Å². The van der Waals surface area contributed by atoms with Crippen molar-refractivity contribution in [2.75, 3.05) is 0 Å². The molecule has 0 fully saturated rings. The molecule has 5 aromatic rings. The van der Waals surface area contributed by atoms with Gasteiger partial charge in [0.25, 0.3) is 11.4 Å². The Kier molecular flexibility index (Phi) is 7.82. The molecule has 0 bridgehead atoms. The molecular weight excluding hydrogens is 682 g/mol. The minimum absolute atomic E-state index is 0.188. The predicted octanol–water partition coefficient (Wildman–Crippen LogP) is 11.2. The van der Waals surface area contributed by atoms with Crippen LogP contribution in [0.3, 0.4) is 0 Å². The summed E-state index contributed by atoms with van der Waals surface area (Å²) < 4.78 is 84.2. The molecular formula is C40H16F6N4O2. The van der Waals surface area contributed by atoms with Crippen molar-refractivity contribution in [3.8, 4) is 68.1 Å². The Balaban J connectivity index is 1.36. The first-order valence-electron chi connectivity index (χ1n) is 15.1. The van der Waals surface area contributed by atoms with E-state index in [0.717, 1.165) is 0 Å². The smallest absolute Gasteiger partial charge is 0.406 e. The first-order chi connectivity index (χ1) is 24.8. The fraction of sp³-hybridized carbons (Fsp3) is 0.0500. The molecule has 52 heavy (non-hydrogen) atoms. The highest BCUT2D eigenvalue weighted by atomic mass is 19.4. The molecule has 6 nitrogen and oxygen atoms in total. The number of hydrogen-bond acceptors (Lipinski definition) is 4. The van der Waals surface area contributed by atoms with Crippen molar-refractivity contribution in [1.29, 1.82) is 10.5 Å². The Morgan fingerprint density at radius 1 is 0.462 bits per heavy atom. The van der Waals surface area contributed by atoms with Crippen LogP contribution in [0.2, 0.25) is 0 Å². The summed E-state index contributed by atoms with van der Waals surface area (Å²) in [5.41, 5.74) is 7.45. The Bertz CT molecular complexity index is 2360. The number of allylic oxidation sites excluding steroid dienone is 2. The molecule has 0 heterocycles. The average Bonchev–Trinajstić information content (AvgIpc) is 3.59. The number of ether oxygens (including phenoxy) is 2. The van der Waals surface area contributed by atoms with E-state index in [1.165, 1.54) is 48.5 Å². The van der Waals surface area contributed by atoms with Crippen LogP contribution in [0, 0.1) is 35.8 Å². The quantitative estimate of drug-likeness (QED) is 0.104. The van der Waals surface area contributed by atoms with Crippen LogP contribution in [0.25, 0.3) is 65.3 Å². The Morgan fingerprint density at radius 2 is 0.788 bits per heavy atom.